The van der Waals surface area contributed by atoms with E-state index in [0.717, 1.165) is 5.56 Å². The monoisotopic (exact) mass is 293 g/mol. The predicted molar refractivity (Wildman–Crippen MR) is 77.7 cm³/mol. The van der Waals surface area contributed by atoms with Gasteiger partial charge in [0.2, 0.25) is 0 Å². The number of ether oxygens (including phenoxy) is 1. The van der Waals surface area contributed by atoms with E-state index in [-0.39, 0.29) is 0 Å². The summed E-state index contributed by atoms with van der Waals surface area (Å²) in [7, 11) is 0. The Kier molecular flexibility index (Phi) is 5.60. The van der Waals surface area contributed by atoms with Gasteiger partial charge in [0.25, 0.3) is 0 Å². The molecule has 0 unspecified atom stereocenters. The molecule has 5 atom stereocenters. The van der Waals surface area contributed by atoms with Gasteiger partial charge in [-0.15, -0.1) is 0 Å². The van der Waals surface area contributed by atoms with E-state index in [1.165, 1.54) is 6.21 Å². The Hall–Kier alpha value is -1.57. The number of allylic oxidation sites excluding steroid dienone is 1. The summed E-state index contributed by atoms with van der Waals surface area (Å²) in [4.78, 5) is 4.00. The maximum absolute atomic E-state index is 9.89. The maximum Gasteiger partial charge on any atom is 0.180 e. The van der Waals surface area contributed by atoms with Crippen molar-refractivity contribution >= 4 is 12.3 Å². The fourth-order valence-electron chi connectivity index (χ4n) is 2.11. The number of aliphatic hydroxyl groups is 4. The SMILES string of the molecule is OC[C@@H]1O[C@H](O)[C@H](N=C/C=C\c2ccccc2)[C@H](O)[C@@H]1O. The summed E-state index contributed by atoms with van der Waals surface area (Å²) in [6.45, 7) is -0.486. The molecule has 0 amide bonds. The molecule has 21 heavy (non-hydrogen) atoms. The Bertz CT molecular complexity index is 490. The fourth-order valence-corrected chi connectivity index (χ4v) is 2.11. The van der Waals surface area contributed by atoms with Crippen LogP contribution in [0.4, 0.5) is 0 Å². The highest BCUT2D eigenvalue weighted by molar-refractivity contribution is 5.78. The average molecular weight is 293 g/mol. The molecular formula is C15H19NO5. The second-order valence-corrected chi connectivity index (χ2v) is 4.79. The van der Waals surface area contributed by atoms with E-state index in [1.807, 2.05) is 36.4 Å². The Balaban J connectivity index is 1.98. The Morgan fingerprint density at radius 2 is 1.81 bits per heavy atom. The first-order valence-corrected chi connectivity index (χ1v) is 6.69. The summed E-state index contributed by atoms with van der Waals surface area (Å²) in [5, 5.41) is 38.3. The number of nitrogens with zero attached hydrogens (tertiary/aromatic N) is 1. The highest BCUT2D eigenvalue weighted by atomic mass is 16.6. The van der Waals surface area contributed by atoms with Crippen LogP contribution in [0, 0.1) is 0 Å². The van der Waals surface area contributed by atoms with Gasteiger partial charge in [-0.1, -0.05) is 36.4 Å². The lowest BCUT2D eigenvalue weighted by molar-refractivity contribution is -0.248. The third-order valence-corrected chi connectivity index (χ3v) is 3.30. The van der Waals surface area contributed by atoms with Gasteiger partial charge in [0.1, 0.15) is 24.4 Å². The van der Waals surface area contributed by atoms with E-state index < -0.39 is 37.3 Å². The first kappa shape index (κ1) is 15.8. The molecule has 1 fully saturated rings. The zero-order valence-electron chi connectivity index (χ0n) is 11.4. The van der Waals surface area contributed by atoms with Gasteiger partial charge in [0, 0.05) is 6.21 Å². The number of hydrogen-bond acceptors (Lipinski definition) is 6. The first-order chi connectivity index (χ1) is 10.1. The predicted octanol–water partition coefficient (Wildman–Crippen LogP) is -0.430. The summed E-state index contributed by atoms with van der Waals surface area (Å²) in [5.74, 6) is 0. The van der Waals surface area contributed by atoms with E-state index in [4.69, 9.17) is 9.84 Å². The number of hydrogen-bond donors (Lipinski definition) is 4. The maximum atomic E-state index is 9.89. The zero-order chi connectivity index (χ0) is 15.2. The van der Waals surface area contributed by atoms with Crippen LogP contribution >= 0.6 is 0 Å². The lowest BCUT2D eigenvalue weighted by atomic mass is 9.97. The van der Waals surface area contributed by atoms with Crippen molar-refractivity contribution < 1.29 is 25.2 Å². The zero-order valence-corrected chi connectivity index (χ0v) is 11.4. The quantitative estimate of drug-likeness (QED) is 0.564. The fraction of sp³-hybridized carbons (Fsp3) is 0.400. The lowest BCUT2D eigenvalue weighted by Crippen LogP contribution is -2.57. The normalized spacial score (nSPS) is 33.8. The highest BCUT2D eigenvalue weighted by Crippen LogP contribution is 2.21. The molecule has 4 N–H and O–H groups in total. The van der Waals surface area contributed by atoms with Gasteiger partial charge in [0.15, 0.2) is 6.29 Å². The highest BCUT2D eigenvalue weighted by Gasteiger charge is 2.43. The topological polar surface area (TPSA) is 103 Å². The number of aliphatic hydroxyl groups excluding tert-OH is 4. The van der Waals surface area contributed by atoms with Crippen molar-refractivity contribution in [1.29, 1.82) is 0 Å². The van der Waals surface area contributed by atoms with Crippen LogP contribution < -0.4 is 0 Å². The van der Waals surface area contributed by atoms with Gasteiger partial charge in [-0.3, -0.25) is 4.99 Å². The Morgan fingerprint density at radius 1 is 1.10 bits per heavy atom. The number of aliphatic imine (C=N–C) groups is 1. The molecule has 0 radical (unpaired) electrons. The molecule has 1 aromatic rings. The van der Waals surface area contributed by atoms with Gasteiger partial charge in [-0.25, -0.2) is 0 Å². The van der Waals surface area contributed by atoms with Crippen molar-refractivity contribution in [2.45, 2.75) is 30.6 Å². The molecule has 0 spiro atoms. The number of benzene rings is 1. The van der Waals surface area contributed by atoms with Crippen LogP contribution in [0.25, 0.3) is 6.08 Å². The molecule has 1 aromatic carbocycles. The van der Waals surface area contributed by atoms with E-state index >= 15 is 0 Å². The Morgan fingerprint density at radius 3 is 2.48 bits per heavy atom. The molecule has 1 heterocycles. The molecule has 0 aromatic heterocycles. The van der Waals surface area contributed by atoms with Crippen LogP contribution in [-0.4, -0.2) is 63.9 Å². The lowest BCUT2D eigenvalue weighted by Gasteiger charge is -2.38. The first-order valence-electron chi connectivity index (χ1n) is 6.69. The van der Waals surface area contributed by atoms with Crippen LogP contribution in [0.3, 0.4) is 0 Å². The van der Waals surface area contributed by atoms with Gasteiger partial charge in [0.05, 0.1) is 6.61 Å². The minimum Gasteiger partial charge on any atom is -0.394 e. The standard InChI is InChI=1S/C15H19NO5/c17-9-11-13(18)14(19)12(15(20)21-11)16-8-4-7-10-5-2-1-3-6-10/h1-8,11-15,17-20H,9H2/b7-4-,16-8?/t11-,12+,13+,14-,15-/m0/s1. The van der Waals surface area contributed by atoms with Gasteiger partial charge in [-0.05, 0) is 11.6 Å². The molecule has 114 valence electrons. The third kappa shape index (κ3) is 3.96. The average Bonchev–Trinajstić information content (AvgIpc) is 2.51. The number of rotatable bonds is 4. The van der Waals surface area contributed by atoms with Gasteiger partial charge >= 0.3 is 0 Å². The van der Waals surface area contributed by atoms with Crippen molar-refractivity contribution in [2.24, 2.45) is 4.99 Å². The summed E-state index contributed by atoms with van der Waals surface area (Å²) >= 11 is 0. The Labute approximate surface area is 122 Å². The smallest absolute Gasteiger partial charge is 0.180 e. The third-order valence-electron chi connectivity index (χ3n) is 3.30. The van der Waals surface area contributed by atoms with E-state index in [1.54, 1.807) is 6.08 Å². The summed E-state index contributed by atoms with van der Waals surface area (Å²) in [6.07, 6.45) is -0.0633. The van der Waals surface area contributed by atoms with Crippen molar-refractivity contribution in [2.75, 3.05) is 6.61 Å². The van der Waals surface area contributed by atoms with Crippen LogP contribution in [0.2, 0.25) is 0 Å². The summed E-state index contributed by atoms with van der Waals surface area (Å²) < 4.78 is 5.00. The summed E-state index contributed by atoms with van der Waals surface area (Å²) in [5.41, 5.74) is 0.991. The van der Waals surface area contributed by atoms with Crippen molar-refractivity contribution in [3.05, 3.63) is 42.0 Å². The molecule has 1 saturated heterocycles. The molecule has 6 heteroatoms. The minimum atomic E-state index is -1.37. The van der Waals surface area contributed by atoms with Gasteiger partial charge < -0.3 is 25.2 Å². The minimum absolute atomic E-state index is 0.486. The molecule has 0 saturated carbocycles. The van der Waals surface area contributed by atoms with Crippen LogP contribution in [0.5, 0.6) is 0 Å². The van der Waals surface area contributed by atoms with Crippen LogP contribution in [-0.2, 0) is 4.74 Å². The molecule has 1 aliphatic rings. The molecule has 1 aliphatic heterocycles. The van der Waals surface area contributed by atoms with Crippen LogP contribution in [0.1, 0.15) is 5.56 Å². The van der Waals surface area contributed by atoms with E-state index in [2.05, 4.69) is 4.99 Å². The van der Waals surface area contributed by atoms with Crippen molar-refractivity contribution in [3.63, 3.8) is 0 Å². The van der Waals surface area contributed by atoms with Crippen LogP contribution in [0.15, 0.2) is 41.4 Å². The molecule has 0 aliphatic carbocycles. The second-order valence-electron chi connectivity index (χ2n) is 4.79. The summed E-state index contributed by atoms with van der Waals surface area (Å²) in [6, 6.07) is 8.58. The van der Waals surface area contributed by atoms with Crippen molar-refractivity contribution in [3.8, 4) is 0 Å². The van der Waals surface area contributed by atoms with E-state index in [9.17, 15) is 15.3 Å². The molecular weight excluding hydrogens is 274 g/mol. The van der Waals surface area contributed by atoms with E-state index in [0.29, 0.717) is 0 Å². The molecule has 6 nitrogen and oxygen atoms in total. The molecule has 0 bridgehead atoms. The van der Waals surface area contributed by atoms with Gasteiger partial charge in [-0.2, -0.15) is 0 Å². The molecule has 2 rings (SSSR count). The van der Waals surface area contributed by atoms with Crippen molar-refractivity contribution in [1.82, 2.24) is 0 Å². The second kappa shape index (κ2) is 7.44. The largest absolute Gasteiger partial charge is 0.394 e.